The average molecular weight is 271 g/mol. The van der Waals surface area contributed by atoms with Gasteiger partial charge in [0, 0.05) is 6.42 Å². The second-order valence-electron chi connectivity index (χ2n) is 4.39. The normalized spacial score (nSPS) is 17.1. The molecule has 108 valence electrons. The van der Waals surface area contributed by atoms with Gasteiger partial charge in [-0.1, -0.05) is 0 Å². The highest BCUT2D eigenvalue weighted by molar-refractivity contribution is 5.80. The summed E-state index contributed by atoms with van der Waals surface area (Å²) in [7, 11) is 0. The predicted molar refractivity (Wildman–Crippen MR) is 59.9 cm³/mol. The minimum absolute atomic E-state index is 0.101. The van der Waals surface area contributed by atoms with Crippen LogP contribution in [0.15, 0.2) is 0 Å². The molecular weight excluding hydrogens is 251 g/mol. The van der Waals surface area contributed by atoms with E-state index in [9.17, 15) is 18.0 Å². The van der Waals surface area contributed by atoms with Crippen LogP contribution in [0.25, 0.3) is 0 Å². The molecule has 18 heavy (non-hydrogen) atoms. The van der Waals surface area contributed by atoms with Crippen LogP contribution in [0.2, 0.25) is 0 Å². The number of nitrogens with two attached hydrogens (primary N) is 1. The van der Waals surface area contributed by atoms with Gasteiger partial charge in [0.1, 0.15) is 5.54 Å². The minimum atomic E-state index is -4.24. The van der Waals surface area contributed by atoms with Crippen molar-refractivity contribution in [2.45, 2.75) is 51.4 Å². The van der Waals surface area contributed by atoms with Gasteiger partial charge in [-0.3, -0.25) is 4.79 Å². The van der Waals surface area contributed by atoms with Crippen molar-refractivity contribution in [3.05, 3.63) is 0 Å². The molecular formula is C11H20F3NO3. The topological polar surface area (TPSA) is 61.5 Å². The highest BCUT2D eigenvalue weighted by atomic mass is 19.4. The summed E-state index contributed by atoms with van der Waals surface area (Å²) in [6, 6.07) is 0. The number of carbonyl (C=O) groups excluding carboxylic acids is 1. The van der Waals surface area contributed by atoms with Gasteiger partial charge in [-0.05, 0) is 20.8 Å². The molecule has 0 aliphatic rings. The lowest BCUT2D eigenvalue weighted by Gasteiger charge is -2.25. The van der Waals surface area contributed by atoms with Gasteiger partial charge in [0.05, 0.1) is 25.7 Å². The number of esters is 1. The van der Waals surface area contributed by atoms with Crippen LogP contribution in [0.3, 0.4) is 0 Å². The molecule has 0 aliphatic carbocycles. The number of hydrogen-bond donors (Lipinski definition) is 1. The summed E-state index contributed by atoms with van der Waals surface area (Å²) in [6.07, 6.45) is -5.71. The summed E-state index contributed by atoms with van der Waals surface area (Å²) in [6.45, 7) is 4.45. The quantitative estimate of drug-likeness (QED) is 0.719. The minimum Gasteiger partial charge on any atom is -0.465 e. The maximum Gasteiger partial charge on any atom is 0.391 e. The number of alkyl halides is 3. The fourth-order valence-electron chi connectivity index (χ4n) is 1.41. The molecule has 0 amide bonds. The fraction of sp³-hybridized carbons (Fsp3) is 0.909. The van der Waals surface area contributed by atoms with E-state index in [1.807, 2.05) is 0 Å². The van der Waals surface area contributed by atoms with Gasteiger partial charge < -0.3 is 15.2 Å². The van der Waals surface area contributed by atoms with Crippen molar-refractivity contribution in [3.8, 4) is 0 Å². The molecule has 0 aromatic heterocycles. The molecule has 0 aromatic carbocycles. The van der Waals surface area contributed by atoms with E-state index in [1.165, 1.54) is 6.92 Å². The van der Waals surface area contributed by atoms with E-state index < -0.39 is 36.8 Å². The third-order valence-electron chi connectivity index (χ3n) is 2.24. The summed E-state index contributed by atoms with van der Waals surface area (Å²) >= 11 is 0. The average Bonchev–Trinajstić information content (AvgIpc) is 2.14. The van der Waals surface area contributed by atoms with Crippen molar-refractivity contribution in [1.82, 2.24) is 0 Å². The first-order valence-electron chi connectivity index (χ1n) is 5.73. The molecule has 7 heteroatoms. The third-order valence-corrected chi connectivity index (χ3v) is 2.24. The van der Waals surface area contributed by atoms with E-state index in [0.29, 0.717) is 0 Å². The Kier molecular flexibility index (Phi) is 6.62. The number of halogens is 3. The lowest BCUT2D eigenvalue weighted by Crippen LogP contribution is -2.48. The van der Waals surface area contributed by atoms with Gasteiger partial charge in [-0.15, -0.1) is 0 Å². The number of ether oxygens (including phenoxy) is 2. The lowest BCUT2D eigenvalue weighted by molar-refractivity contribution is -0.155. The van der Waals surface area contributed by atoms with E-state index in [0.717, 1.165) is 0 Å². The Morgan fingerprint density at radius 2 is 1.94 bits per heavy atom. The van der Waals surface area contributed by atoms with Crippen molar-refractivity contribution in [1.29, 1.82) is 0 Å². The molecule has 2 unspecified atom stereocenters. The first-order valence-corrected chi connectivity index (χ1v) is 5.73. The number of rotatable bonds is 7. The van der Waals surface area contributed by atoms with Crippen molar-refractivity contribution in [2.75, 3.05) is 13.2 Å². The Hall–Kier alpha value is -0.820. The Labute approximate surface area is 105 Å². The highest BCUT2D eigenvalue weighted by Gasteiger charge is 2.33. The van der Waals surface area contributed by atoms with Gasteiger partial charge in [-0.2, -0.15) is 13.2 Å². The predicted octanol–water partition coefficient (Wildman–Crippen LogP) is 2.01. The van der Waals surface area contributed by atoms with Gasteiger partial charge in [-0.25, -0.2) is 0 Å². The van der Waals surface area contributed by atoms with E-state index in [-0.39, 0.29) is 13.0 Å². The zero-order valence-electron chi connectivity index (χ0n) is 10.8. The Balaban J connectivity index is 4.06. The van der Waals surface area contributed by atoms with Crippen LogP contribution in [-0.4, -0.2) is 37.0 Å². The molecule has 0 aliphatic heterocycles. The summed E-state index contributed by atoms with van der Waals surface area (Å²) in [5.74, 6) is -0.587. The molecule has 0 saturated heterocycles. The number of hydrogen-bond acceptors (Lipinski definition) is 4. The summed E-state index contributed by atoms with van der Waals surface area (Å²) in [5.41, 5.74) is 4.47. The zero-order chi connectivity index (χ0) is 14.4. The molecule has 4 nitrogen and oxygen atoms in total. The Morgan fingerprint density at radius 3 is 2.39 bits per heavy atom. The highest BCUT2D eigenvalue weighted by Crippen LogP contribution is 2.20. The molecule has 0 fully saturated rings. The SMILES string of the molecule is CCOC(=O)C(C)(N)CC(C)OCCC(F)(F)F. The Morgan fingerprint density at radius 1 is 1.39 bits per heavy atom. The van der Waals surface area contributed by atoms with Crippen molar-refractivity contribution >= 4 is 5.97 Å². The Bertz CT molecular complexity index is 267. The van der Waals surface area contributed by atoms with Crippen LogP contribution < -0.4 is 5.73 Å². The second kappa shape index (κ2) is 6.94. The van der Waals surface area contributed by atoms with Crippen LogP contribution >= 0.6 is 0 Å². The van der Waals surface area contributed by atoms with E-state index in [2.05, 4.69) is 0 Å². The zero-order valence-corrected chi connectivity index (χ0v) is 10.8. The lowest BCUT2D eigenvalue weighted by atomic mass is 9.96. The largest absolute Gasteiger partial charge is 0.465 e. The van der Waals surface area contributed by atoms with Crippen LogP contribution in [0, 0.1) is 0 Å². The van der Waals surface area contributed by atoms with Crippen LogP contribution in [-0.2, 0) is 14.3 Å². The second-order valence-corrected chi connectivity index (χ2v) is 4.39. The molecule has 0 bridgehead atoms. The molecule has 0 rings (SSSR count). The third kappa shape index (κ3) is 7.50. The van der Waals surface area contributed by atoms with Crippen LogP contribution in [0.4, 0.5) is 13.2 Å². The smallest absolute Gasteiger partial charge is 0.391 e. The molecule has 0 heterocycles. The summed E-state index contributed by atoms with van der Waals surface area (Å²) in [4.78, 5) is 11.5. The molecule has 0 saturated carbocycles. The van der Waals surface area contributed by atoms with Crippen molar-refractivity contribution < 1.29 is 27.4 Å². The van der Waals surface area contributed by atoms with Gasteiger partial charge in [0.15, 0.2) is 0 Å². The summed E-state index contributed by atoms with van der Waals surface area (Å²) < 4.78 is 45.4. The molecule has 0 aromatic rings. The maximum absolute atomic E-state index is 11.9. The monoisotopic (exact) mass is 271 g/mol. The fourth-order valence-corrected chi connectivity index (χ4v) is 1.41. The van der Waals surface area contributed by atoms with Crippen molar-refractivity contribution in [3.63, 3.8) is 0 Å². The molecule has 0 radical (unpaired) electrons. The summed E-state index contributed by atoms with van der Waals surface area (Å²) in [5, 5.41) is 0. The van der Waals surface area contributed by atoms with Crippen LogP contribution in [0.1, 0.15) is 33.6 Å². The van der Waals surface area contributed by atoms with Gasteiger partial charge in [0.2, 0.25) is 0 Å². The number of carbonyl (C=O) groups is 1. The van der Waals surface area contributed by atoms with Crippen molar-refractivity contribution in [2.24, 2.45) is 5.73 Å². The molecule has 2 atom stereocenters. The van der Waals surface area contributed by atoms with Gasteiger partial charge >= 0.3 is 12.1 Å². The van der Waals surface area contributed by atoms with E-state index in [1.54, 1.807) is 13.8 Å². The van der Waals surface area contributed by atoms with E-state index >= 15 is 0 Å². The van der Waals surface area contributed by atoms with Gasteiger partial charge in [0.25, 0.3) is 0 Å². The molecule has 0 spiro atoms. The van der Waals surface area contributed by atoms with E-state index in [4.69, 9.17) is 15.2 Å². The first kappa shape index (κ1) is 17.2. The maximum atomic E-state index is 11.9. The molecule has 2 N–H and O–H groups in total. The first-order chi connectivity index (χ1) is 8.08. The standard InChI is InChI=1S/C11H20F3NO3/c1-4-17-9(16)10(3,15)7-8(2)18-6-5-11(12,13)14/h8H,4-7,15H2,1-3H3. The van der Waals surface area contributed by atoms with Crippen LogP contribution in [0.5, 0.6) is 0 Å².